The van der Waals surface area contributed by atoms with Crippen molar-refractivity contribution >= 4 is 55.7 Å². The standard InChI is InChI=1S/C18H17Cl2N3O3S/c1-22(2)18(24)11-23-8-7-12-9-13(3-6-17(12)23)21-27(25,26)14-4-5-15(19)16(20)10-14/h3-10,21H,11H2,1-2H3. The highest BCUT2D eigenvalue weighted by Crippen LogP contribution is 2.27. The van der Waals surface area contributed by atoms with Crippen molar-refractivity contribution in [3.05, 3.63) is 58.7 Å². The van der Waals surface area contributed by atoms with Crippen LogP contribution in [0.15, 0.2) is 53.6 Å². The zero-order valence-corrected chi connectivity index (χ0v) is 16.9. The van der Waals surface area contributed by atoms with Crippen molar-refractivity contribution in [1.29, 1.82) is 0 Å². The highest BCUT2D eigenvalue weighted by Gasteiger charge is 2.16. The van der Waals surface area contributed by atoms with Gasteiger partial charge in [0, 0.05) is 36.9 Å². The van der Waals surface area contributed by atoms with Gasteiger partial charge in [-0.3, -0.25) is 9.52 Å². The molecule has 0 atom stereocenters. The second-order valence-electron chi connectivity index (χ2n) is 6.19. The third-order valence-electron chi connectivity index (χ3n) is 4.03. The number of carbonyl (C=O) groups is 1. The largest absolute Gasteiger partial charge is 0.347 e. The van der Waals surface area contributed by atoms with E-state index >= 15 is 0 Å². The summed E-state index contributed by atoms with van der Waals surface area (Å²) in [7, 11) is -0.409. The SMILES string of the molecule is CN(C)C(=O)Cn1ccc2cc(NS(=O)(=O)c3ccc(Cl)c(Cl)c3)ccc21. The van der Waals surface area contributed by atoms with Gasteiger partial charge in [0.05, 0.1) is 14.9 Å². The Morgan fingerprint density at radius 3 is 2.48 bits per heavy atom. The average molecular weight is 426 g/mol. The van der Waals surface area contributed by atoms with Crippen LogP contribution in [0.2, 0.25) is 10.0 Å². The summed E-state index contributed by atoms with van der Waals surface area (Å²) in [5, 5.41) is 1.26. The maximum atomic E-state index is 12.6. The van der Waals surface area contributed by atoms with Crippen LogP contribution in [0.5, 0.6) is 0 Å². The summed E-state index contributed by atoms with van der Waals surface area (Å²) in [6, 6.07) is 11.1. The second kappa shape index (κ2) is 7.42. The lowest BCUT2D eigenvalue weighted by molar-refractivity contribution is -0.129. The van der Waals surface area contributed by atoms with Gasteiger partial charge in [-0.25, -0.2) is 8.42 Å². The third-order valence-corrected chi connectivity index (χ3v) is 6.15. The molecule has 0 aliphatic rings. The molecule has 6 nitrogen and oxygen atoms in total. The number of anilines is 1. The van der Waals surface area contributed by atoms with E-state index in [2.05, 4.69) is 4.72 Å². The van der Waals surface area contributed by atoms with Crippen molar-refractivity contribution in [2.24, 2.45) is 0 Å². The molecule has 27 heavy (non-hydrogen) atoms. The van der Waals surface area contributed by atoms with E-state index in [4.69, 9.17) is 23.2 Å². The smallest absolute Gasteiger partial charge is 0.261 e. The summed E-state index contributed by atoms with van der Waals surface area (Å²) in [5.74, 6) is -0.0307. The number of aromatic nitrogens is 1. The molecule has 0 unspecified atom stereocenters. The van der Waals surface area contributed by atoms with Gasteiger partial charge in [-0.15, -0.1) is 0 Å². The third kappa shape index (κ3) is 4.21. The maximum absolute atomic E-state index is 12.6. The van der Waals surface area contributed by atoms with E-state index in [0.717, 1.165) is 10.9 Å². The molecule has 3 aromatic rings. The number of fused-ring (bicyclic) bond motifs is 1. The first-order chi connectivity index (χ1) is 12.7. The zero-order valence-electron chi connectivity index (χ0n) is 14.6. The molecule has 1 heterocycles. The average Bonchev–Trinajstić information content (AvgIpc) is 2.98. The van der Waals surface area contributed by atoms with Crippen molar-refractivity contribution in [2.75, 3.05) is 18.8 Å². The molecule has 3 rings (SSSR count). The topological polar surface area (TPSA) is 71.4 Å². The van der Waals surface area contributed by atoms with Gasteiger partial charge in [0.1, 0.15) is 6.54 Å². The molecule has 0 saturated carbocycles. The predicted octanol–water partition coefficient (Wildman–Crippen LogP) is 3.84. The van der Waals surface area contributed by atoms with E-state index in [-0.39, 0.29) is 27.4 Å². The Kier molecular flexibility index (Phi) is 5.37. The van der Waals surface area contributed by atoms with E-state index in [9.17, 15) is 13.2 Å². The molecule has 0 radical (unpaired) electrons. The molecular weight excluding hydrogens is 409 g/mol. The van der Waals surface area contributed by atoms with Gasteiger partial charge in [0.15, 0.2) is 0 Å². The number of hydrogen-bond donors (Lipinski definition) is 1. The monoisotopic (exact) mass is 425 g/mol. The van der Waals surface area contributed by atoms with Crippen molar-refractivity contribution < 1.29 is 13.2 Å². The molecule has 142 valence electrons. The molecule has 2 aromatic carbocycles. The lowest BCUT2D eigenvalue weighted by Gasteiger charge is -2.12. The molecule has 0 fully saturated rings. The number of rotatable bonds is 5. The lowest BCUT2D eigenvalue weighted by Crippen LogP contribution is -2.25. The van der Waals surface area contributed by atoms with E-state index in [1.54, 1.807) is 38.5 Å². The molecule has 0 aliphatic carbocycles. The summed E-state index contributed by atoms with van der Waals surface area (Å²) in [6.45, 7) is 0.213. The molecule has 1 N–H and O–H groups in total. The van der Waals surface area contributed by atoms with Gasteiger partial charge in [-0.2, -0.15) is 0 Å². The van der Waals surface area contributed by atoms with Crippen LogP contribution in [-0.2, 0) is 21.4 Å². The Bertz CT molecular complexity index is 1120. The van der Waals surface area contributed by atoms with Gasteiger partial charge >= 0.3 is 0 Å². The fourth-order valence-electron chi connectivity index (χ4n) is 2.55. The summed E-state index contributed by atoms with van der Waals surface area (Å²) in [5.41, 5.74) is 1.24. The van der Waals surface area contributed by atoms with Crippen molar-refractivity contribution in [3.63, 3.8) is 0 Å². The Labute approximate surface area is 167 Å². The molecule has 0 spiro atoms. The first-order valence-electron chi connectivity index (χ1n) is 7.94. The van der Waals surface area contributed by atoms with E-state index in [0.29, 0.717) is 5.69 Å². The highest BCUT2D eigenvalue weighted by atomic mass is 35.5. The van der Waals surface area contributed by atoms with Crippen LogP contribution in [0, 0.1) is 0 Å². The number of hydrogen-bond acceptors (Lipinski definition) is 3. The number of benzene rings is 2. The van der Waals surface area contributed by atoms with Crippen LogP contribution in [0.4, 0.5) is 5.69 Å². The van der Waals surface area contributed by atoms with Crippen LogP contribution in [-0.4, -0.2) is 37.9 Å². The van der Waals surface area contributed by atoms with Crippen LogP contribution in [0.3, 0.4) is 0 Å². The van der Waals surface area contributed by atoms with Crippen LogP contribution in [0.25, 0.3) is 10.9 Å². The van der Waals surface area contributed by atoms with Crippen molar-refractivity contribution in [1.82, 2.24) is 9.47 Å². The van der Waals surface area contributed by atoms with Crippen molar-refractivity contribution in [3.8, 4) is 0 Å². The predicted molar refractivity (Wildman–Crippen MR) is 108 cm³/mol. The van der Waals surface area contributed by atoms with E-state index < -0.39 is 10.0 Å². The second-order valence-corrected chi connectivity index (χ2v) is 8.68. The van der Waals surface area contributed by atoms with E-state index in [1.165, 1.54) is 23.1 Å². The van der Waals surface area contributed by atoms with Gasteiger partial charge in [0.2, 0.25) is 5.91 Å². The lowest BCUT2D eigenvalue weighted by atomic mass is 10.2. The van der Waals surface area contributed by atoms with Crippen molar-refractivity contribution in [2.45, 2.75) is 11.4 Å². The van der Waals surface area contributed by atoms with Gasteiger partial charge < -0.3 is 9.47 Å². The maximum Gasteiger partial charge on any atom is 0.261 e. The summed E-state index contributed by atoms with van der Waals surface area (Å²) >= 11 is 11.7. The fraction of sp³-hybridized carbons (Fsp3) is 0.167. The Morgan fingerprint density at radius 1 is 1.07 bits per heavy atom. The van der Waals surface area contributed by atoms with Crippen LogP contribution >= 0.6 is 23.2 Å². The first kappa shape index (κ1) is 19.5. The van der Waals surface area contributed by atoms with Crippen LogP contribution < -0.4 is 4.72 Å². The minimum Gasteiger partial charge on any atom is -0.347 e. The zero-order chi connectivity index (χ0) is 19.8. The first-order valence-corrected chi connectivity index (χ1v) is 10.2. The normalized spacial score (nSPS) is 11.6. The summed E-state index contributed by atoms with van der Waals surface area (Å²) in [6.07, 6.45) is 1.79. The van der Waals surface area contributed by atoms with Gasteiger partial charge in [0.25, 0.3) is 10.0 Å². The molecule has 9 heteroatoms. The molecule has 1 amide bonds. The Hall–Kier alpha value is -2.22. The number of likely N-dealkylation sites (N-methyl/N-ethyl adjacent to an activating group) is 1. The summed E-state index contributed by atoms with van der Waals surface area (Å²) < 4.78 is 29.5. The molecular formula is C18H17Cl2N3O3S. The highest BCUT2D eigenvalue weighted by molar-refractivity contribution is 7.92. The molecule has 1 aromatic heterocycles. The molecule has 0 aliphatic heterocycles. The number of nitrogens with zero attached hydrogens (tertiary/aromatic N) is 2. The minimum absolute atomic E-state index is 0.0196. The van der Waals surface area contributed by atoms with Gasteiger partial charge in [-0.05, 0) is 42.5 Å². The van der Waals surface area contributed by atoms with Gasteiger partial charge in [-0.1, -0.05) is 23.2 Å². The number of halogens is 2. The number of sulfonamides is 1. The fourth-order valence-corrected chi connectivity index (χ4v) is 3.98. The Morgan fingerprint density at radius 2 is 1.81 bits per heavy atom. The Balaban J connectivity index is 1.87. The number of nitrogens with one attached hydrogen (secondary N) is 1. The number of amides is 1. The van der Waals surface area contributed by atoms with Crippen LogP contribution in [0.1, 0.15) is 0 Å². The van der Waals surface area contributed by atoms with E-state index in [1.807, 2.05) is 10.6 Å². The molecule has 0 saturated heterocycles. The quantitative estimate of drug-likeness (QED) is 0.674. The molecule has 0 bridgehead atoms. The minimum atomic E-state index is -3.81. The number of carbonyl (C=O) groups excluding carboxylic acids is 1. The summed E-state index contributed by atoms with van der Waals surface area (Å²) in [4.78, 5) is 13.4.